The van der Waals surface area contributed by atoms with Gasteiger partial charge in [-0.05, 0) is 42.8 Å². The number of nitrogens with one attached hydrogen (secondary N) is 1. The van der Waals surface area contributed by atoms with Crippen LogP contribution < -0.4 is 5.32 Å². The number of halogens is 1. The van der Waals surface area contributed by atoms with E-state index in [1.54, 1.807) is 30.3 Å². The molecule has 0 heterocycles. The van der Waals surface area contributed by atoms with Crippen molar-refractivity contribution in [1.82, 2.24) is 5.32 Å². The second-order valence-electron chi connectivity index (χ2n) is 4.44. The molecular weight excluding hydrogens is 272 g/mol. The van der Waals surface area contributed by atoms with Gasteiger partial charge in [0.2, 0.25) is 0 Å². The molecule has 0 aliphatic carbocycles. The summed E-state index contributed by atoms with van der Waals surface area (Å²) < 4.78 is 0. The fraction of sp³-hybridized carbons (Fsp3) is 0.125. The van der Waals surface area contributed by atoms with Crippen molar-refractivity contribution in [2.75, 3.05) is 0 Å². The molecule has 1 atom stereocenters. The number of nitrogens with zero attached hydrogens (tertiary/aromatic N) is 1. The highest BCUT2D eigenvalue weighted by molar-refractivity contribution is 6.30. The minimum Gasteiger partial charge on any atom is -0.346 e. The van der Waals surface area contributed by atoms with Crippen LogP contribution in [0.5, 0.6) is 0 Å². The van der Waals surface area contributed by atoms with E-state index in [1.165, 1.54) is 0 Å². The van der Waals surface area contributed by atoms with Crippen LogP contribution in [0, 0.1) is 11.3 Å². The number of carbonyl (C=O) groups excluding carboxylic acids is 1. The van der Waals surface area contributed by atoms with Crippen molar-refractivity contribution in [3.63, 3.8) is 0 Å². The van der Waals surface area contributed by atoms with Crippen LogP contribution in [0.4, 0.5) is 0 Å². The molecule has 0 spiro atoms. The highest BCUT2D eigenvalue weighted by atomic mass is 35.5. The van der Waals surface area contributed by atoms with Gasteiger partial charge < -0.3 is 5.32 Å². The maximum atomic E-state index is 12.1. The Balaban J connectivity index is 2.13. The van der Waals surface area contributed by atoms with Gasteiger partial charge in [0.15, 0.2) is 0 Å². The summed E-state index contributed by atoms with van der Waals surface area (Å²) in [6.07, 6.45) is 0. The van der Waals surface area contributed by atoms with Crippen molar-refractivity contribution in [2.24, 2.45) is 0 Å². The molecule has 0 aliphatic heterocycles. The number of amides is 1. The summed E-state index contributed by atoms with van der Waals surface area (Å²) in [6, 6.07) is 15.8. The third-order valence-electron chi connectivity index (χ3n) is 2.95. The molecule has 4 heteroatoms. The van der Waals surface area contributed by atoms with Crippen LogP contribution >= 0.6 is 11.6 Å². The van der Waals surface area contributed by atoms with E-state index in [4.69, 9.17) is 16.9 Å². The highest BCUT2D eigenvalue weighted by Crippen LogP contribution is 2.18. The van der Waals surface area contributed by atoms with Crippen LogP contribution in [0.15, 0.2) is 48.5 Å². The van der Waals surface area contributed by atoms with Crippen molar-refractivity contribution in [3.8, 4) is 6.07 Å². The smallest absolute Gasteiger partial charge is 0.251 e. The molecule has 0 bridgehead atoms. The van der Waals surface area contributed by atoms with Crippen LogP contribution in [0.2, 0.25) is 5.02 Å². The summed E-state index contributed by atoms with van der Waals surface area (Å²) in [6.45, 7) is 1.89. The Hall–Kier alpha value is -2.31. The van der Waals surface area contributed by atoms with E-state index in [0.717, 1.165) is 5.56 Å². The first-order valence-electron chi connectivity index (χ1n) is 6.16. The molecule has 1 amide bonds. The van der Waals surface area contributed by atoms with Gasteiger partial charge in [0.25, 0.3) is 5.91 Å². The minimum atomic E-state index is -0.213. The van der Waals surface area contributed by atoms with Gasteiger partial charge in [0.1, 0.15) is 0 Å². The van der Waals surface area contributed by atoms with E-state index in [2.05, 4.69) is 5.32 Å². The molecule has 3 nitrogen and oxygen atoms in total. The number of rotatable bonds is 3. The Morgan fingerprint density at radius 2 is 2.00 bits per heavy atom. The molecule has 100 valence electrons. The molecule has 0 saturated heterocycles. The maximum absolute atomic E-state index is 12.1. The number of benzene rings is 2. The van der Waals surface area contributed by atoms with Gasteiger partial charge in [0, 0.05) is 10.6 Å². The van der Waals surface area contributed by atoms with Gasteiger partial charge in [0.05, 0.1) is 17.7 Å². The number of nitriles is 1. The third-order valence-corrected chi connectivity index (χ3v) is 3.19. The molecule has 2 rings (SSSR count). The first-order valence-corrected chi connectivity index (χ1v) is 6.54. The van der Waals surface area contributed by atoms with Crippen molar-refractivity contribution in [3.05, 3.63) is 70.2 Å². The fourth-order valence-electron chi connectivity index (χ4n) is 1.87. The Morgan fingerprint density at radius 1 is 1.25 bits per heavy atom. The molecule has 0 aliphatic rings. The monoisotopic (exact) mass is 284 g/mol. The van der Waals surface area contributed by atoms with Crippen LogP contribution in [0.25, 0.3) is 0 Å². The van der Waals surface area contributed by atoms with E-state index >= 15 is 0 Å². The van der Waals surface area contributed by atoms with E-state index in [-0.39, 0.29) is 11.9 Å². The van der Waals surface area contributed by atoms with Gasteiger partial charge in [-0.15, -0.1) is 0 Å². The molecule has 0 fully saturated rings. The molecule has 1 unspecified atom stereocenters. The number of hydrogen-bond acceptors (Lipinski definition) is 2. The average Bonchev–Trinajstić information content (AvgIpc) is 2.47. The van der Waals surface area contributed by atoms with Gasteiger partial charge >= 0.3 is 0 Å². The number of carbonyl (C=O) groups is 1. The first kappa shape index (κ1) is 14.1. The first-order chi connectivity index (χ1) is 9.60. The fourth-order valence-corrected chi connectivity index (χ4v) is 2.07. The number of hydrogen-bond donors (Lipinski definition) is 1. The summed E-state index contributed by atoms with van der Waals surface area (Å²) >= 11 is 5.93. The Morgan fingerprint density at radius 3 is 2.70 bits per heavy atom. The summed E-state index contributed by atoms with van der Waals surface area (Å²) in [5.74, 6) is -0.213. The zero-order valence-electron chi connectivity index (χ0n) is 10.9. The van der Waals surface area contributed by atoms with E-state index in [1.807, 2.05) is 31.2 Å². The second-order valence-corrected chi connectivity index (χ2v) is 4.88. The third kappa shape index (κ3) is 3.37. The Labute approximate surface area is 122 Å². The van der Waals surface area contributed by atoms with Gasteiger partial charge in [-0.1, -0.05) is 29.8 Å². The second kappa shape index (κ2) is 6.23. The lowest BCUT2D eigenvalue weighted by molar-refractivity contribution is 0.0940. The van der Waals surface area contributed by atoms with Crippen molar-refractivity contribution in [2.45, 2.75) is 13.0 Å². The predicted molar refractivity (Wildman–Crippen MR) is 78.5 cm³/mol. The molecular formula is C16H13ClN2O. The summed E-state index contributed by atoms with van der Waals surface area (Å²) in [5, 5.41) is 12.4. The molecule has 0 saturated carbocycles. The lowest BCUT2D eigenvalue weighted by Crippen LogP contribution is -2.26. The van der Waals surface area contributed by atoms with Crippen LogP contribution in [0.1, 0.15) is 34.5 Å². The molecule has 1 N–H and O–H groups in total. The van der Waals surface area contributed by atoms with Gasteiger partial charge in [-0.25, -0.2) is 0 Å². The van der Waals surface area contributed by atoms with E-state index < -0.39 is 0 Å². The molecule has 2 aromatic rings. The summed E-state index contributed by atoms with van der Waals surface area (Å²) in [4.78, 5) is 12.1. The van der Waals surface area contributed by atoms with Gasteiger partial charge in [-0.2, -0.15) is 5.26 Å². The molecule has 20 heavy (non-hydrogen) atoms. The normalized spacial score (nSPS) is 11.4. The highest BCUT2D eigenvalue weighted by Gasteiger charge is 2.12. The molecule has 0 aromatic heterocycles. The Bertz CT molecular complexity index is 676. The zero-order chi connectivity index (χ0) is 14.5. The molecule has 0 radical (unpaired) electrons. The lowest BCUT2D eigenvalue weighted by Gasteiger charge is -2.14. The molecule has 2 aromatic carbocycles. The largest absolute Gasteiger partial charge is 0.346 e. The average molecular weight is 285 g/mol. The lowest BCUT2D eigenvalue weighted by atomic mass is 10.1. The quantitative estimate of drug-likeness (QED) is 0.934. The standard InChI is InChI=1S/C16H13ClN2O/c1-11(13-5-3-7-15(17)9-13)19-16(20)14-6-2-4-12(8-14)10-18/h2-9,11H,1H3,(H,19,20). The summed E-state index contributed by atoms with van der Waals surface area (Å²) in [7, 11) is 0. The van der Waals surface area contributed by atoms with Crippen molar-refractivity contribution >= 4 is 17.5 Å². The maximum Gasteiger partial charge on any atom is 0.251 e. The van der Waals surface area contributed by atoms with Crippen LogP contribution in [-0.2, 0) is 0 Å². The van der Waals surface area contributed by atoms with Gasteiger partial charge in [-0.3, -0.25) is 4.79 Å². The zero-order valence-corrected chi connectivity index (χ0v) is 11.7. The van der Waals surface area contributed by atoms with Crippen molar-refractivity contribution < 1.29 is 4.79 Å². The van der Waals surface area contributed by atoms with Crippen LogP contribution in [-0.4, -0.2) is 5.91 Å². The van der Waals surface area contributed by atoms with Crippen molar-refractivity contribution in [1.29, 1.82) is 5.26 Å². The van der Waals surface area contributed by atoms with Crippen LogP contribution in [0.3, 0.4) is 0 Å². The van der Waals surface area contributed by atoms with E-state index in [9.17, 15) is 4.79 Å². The SMILES string of the molecule is CC(NC(=O)c1cccc(C#N)c1)c1cccc(Cl)c1. The minimum absolute atomic E-state index is 0.160. The summed E-state index contributed by atoms with van der Waals surface area (Å²) in [5.41, 5.74) is 1.87. The van der Waals surface area contributed by atoms with E-state index in [0.29, 0.717) is 16.1 Å². The topological polar surface area (TPSA) is 52.9 Å². The predicted octanol–water partition coefficient (Wildman–Crippen LogP) is 3.70. The Kier molecular flexibility index (Phi) is 4.39.